The van der Waals surface area contributed by atoms with Crippen LogP contribution in [0.5, 0.6) is 0 Å². The van der Waals surface area contributed by atoms with Crippen molar-refractivity contribution in [3.05, 3.63) is 35.7 Å². The minimum absolute atomic E-state index is 0.666. The first-order valence-electron chi connectivity index (χ1n) is 6.58. The molecule has 2 aromatic rings. The summed E-state index contributed by atoms with van der Waals surface area (Å²) in [6.07, 6.45) is 1.09. The van der Waals surface area contributed by atoms with Gasteiger partial charge >= 0.3 is 0 Å². The summed E-state index contributed by atoms with van der Waals surface area (Å²) < 4.78 is 0. The second kappa shape index (κ2) is 5.78. The van der Waals surface area contributed by atoms with Crippen LogP contribution in [0.15, 0.2) is 24.3 Å². The molecule has 0 unspecified atom stereocenters. The quantitative estimate of drug-likeness (QED) is 0.913. The minimum atomic E-state index is 0.666. The van der Waals surface area contributed by atoms with Gasteiger partial charge in [0.2, 0.25) is 0 Å². The molecule has 1 aromatic carbocycles. The standard InChI is InChI=1S/C15H20N4/c1-10(2)9-12-5-7-13(8-6-12)14-15(16-4)17-11(3)18-19-14/h5-8,10H,9H2,1-4H3,(H,16,17,18). The molecule has 0 spiro atoms. The Hall–Kier alpha value is -1.97. The number of aryl methyl sites for hydroxylation is 1. The van der Waals surface area contributed by atoms with E-state index in [1.54, 1.807) is 0 Å². The SMILES string of the molecule is CNc1nc(C)nnc1-c1ccc(CC(C)C)cc1. The van der Waals surface area contributed by atoms with Gasteiger partial charge in [0.1, 0.15) is 11.5 Å². The van der Waals surface area contributed by atoms with Crippen molar-refractivity contribution in [3.8, 4) is 11.3 Å². The van der Waals surface area contributed by atoms with Crippen molar-refractivity contribution >= 4 is 5.82 Å². The maximum Gasteiger partial charge on any atom is 0.156 e. The van der Waals surface area contributed by atoms with Gasteiger partial charge in [0.05, 0.1) is 0 Å². The van der Waals surface area contributed by atoms with Crippen molar-refractivity contribution in [2.45, 2.75) is 27.2 Å². The zero-order chi connectivity index (χ0) is 13.8. The van der Waals surface area contributed by atoms with Crippen LogP contribution in [0.1, 0.15) is 25.2 Å². The predicted molar refractivity (Wildman–Crippen MR) is 78.1 cm³/mol. The van der Waals surface area contributed by atoms with Crippen LogP contribution in [0.3, 0.4) is 0 Å². The van der Waals surface area contributed by atoms with E-state index in [0.29, 0.717) is 11.7 Å². The highest BCUT2D eigenvalue weighted by Crippen LogP contribution is 2.23. The smallest absolute Gasteiger partial charge is 0.156 e. The molecule has 0 atom stereocenters. The van der Waals surface area contributed by atoms with Gasteiger partial charge in [-0.05, 0) is 24.8 Å². The number of nitrogens with one attached hydrogen (secondary N) is 1. The van der Waals surface area contributed by atoms with E-state index in [-0.39, 0.29) is 0 Å². The topological polar surface area (TPSA) is 50.7 Å². The van der Waals surface area contributed by atoms with Crippen LogP contribution in [0.2, 0.25) is 0 Å². The zero-order valence-electron chi connectivity index (χ0n) is 11.9. The summed E-state index contributed by atoms with van der Waals surface area (Å²) >= 11 is 0. The molecule has 0 saturated carbocycles. The van der Waals surface area contributed by atoms with Crippen molar-refractivity contribution in [1.29, 1.82) is 0 Å². The molecular formula is C15H20N4. The first-order valence-corrected chi connectivity index (χ1v) is 6.58. The van der Waals surface area contributed by atoms with E-state index in [1.165, 1.54) is 5.56 Å². The molecular weight excluding hydrogens is 236 g/mol. The Kier molecular flexibility index (Phi) is 4.10. The van der Waals surface area contributed by atoms with E-state index in [9.17, 15) is 0 Å². The molecule has 0 radical (unpaired) electrons. The minimum Gasteiger partial charge on any atom is -0.371 e. The van der Waals surface area contributed by atoms with Gasteiger partial charge < -0.3 is 5.32 Å². The zero-order valence-corrected chi connectivity index (χ0v) is 11.9. The van der Waals surface area contributed by atoms with Crippen molar-refractivity contribution in [1.82, 2.24) is 15.2 Å². The molecule has 0 aliphatic carbocycles. The van der Waals surface area contributed by atoms with Crippen LogP contribution in [0.25, 0.3) is 11.3 Å². The summed E-state index contributed by atoms with van der Waals surface area (Å²) in [7, 11) is 1.85. The van der Waals surface area contributed by atoms with Crippen LogP contribution in [-0.4, -0.2) is 22.2 Å². The van der Waals surface area contributed by atoms with Gasteiger partial charge in [-0.2, -0.15) is 0 Å². The third-order valence-electron chi connectivity index (χ3n) is 2.90. The molecule has 2 rings (SSSR count). The van der Waals surface area contributed by atoms with E-state index in [0.717, 1.165) is 23.5 Å². The van der Waals surface area contributed by atoms with E-state index < -0.39 is 0 Å². The number of aromatic nitrogens is 3. The van der Waals surface area contributed by atoms with Crippen molar-refractivity contribution in [2.75, 3.05) is 12.4 Å². The van der Waals surface area contributed by atoms with Crippen molar-refractivity contribution in [2.24, 2.45) is 5.92 Å². The number of rotatable bonds is 4. The normalized spacial score (nSPS) is 10.8. The van der Waals surface area contributed by atoms with E-state index in [1.807, 2.05) is 14.0 Å². The average molecular weight is 256 g/mol. The van der Waals surface area contributed by atoms with E-state index in [4.69, 9.17) is 0 Å². The summed E-state index contributed by atoms with van der Waals surface area (Å²) in [5.41, 5.74) is 3.18. The number of nitrogens with zero attached hydrogens (tertiary/aromatic N) is 3. The fourth-order valence-corrected chi connectivity index (χ4v) is 2.05. The summed E-state index contributed by atoms with van der Waals surface area (Å²) in [4.78, 5) is 4.35. The van der Waals surface area contributed by atoms with Gasteiger partial charge in [0.15, 0.2) is 5.82 Å². The third-order valence-corrected chi connectivity index (χ3v) is 2.90. The van der Waals surface area contributed by atoms with Crippen LogP contribution < -0.4 is 5.32 Å². The van der Waals surface area contributed by atoms with Gasteiger partial charge in [-0.15, -0.1) is 10.2 Å². The predicted octanol–water partition coefficient (Wildman–Crippen LogP) is 3.09. The Labute approximate surface area is 114 Å². The first-order chi connectivity index (χ1) is 9.10. The van der Waals surface area contributed by atoms with Crippen molar-refractivity contribution in [3.63, 3.8) is 0 Å². The largest absolute Gasteiger partial charge is 0.371 e. The molecule has 19 heavy (non-hydrogen) atoms. The lowest BCUT2D eigenvalue weighted by molar-refractivity contribution is 0.647. The monoisotopic (exact) mass is 256 g/mol. The molecule has 0 aliphatic heterocycles. The summed E-state index contributed by atoms with van der Waals surface area (Å²) in [6.45, 7) is 6.29. The first kappa shape index (κ1) is 13.5. The lowest BCUT2D eigenvalue weighted by Crippen LogP contribution is -2.02. The average Bonchev–Trinajstić information content (AvgIpc) is 2.39. The molecule has 0 amide bonds. The Morgan fingerprint density at radius 1 is 1.11 bits per heavy atom. The number of anilines is 1. The molecule has 1 N–H and O–H groups in total. The highest BCUT2D eigenvalue weighted by atomic mass is 15.2. The maximum atomic E-state index is 4.35. The molecule has 4 nitrogen and oxygen atoms in total. The maximum absolute atomic E-state index is 4.35. The van der Waals surface area contributed by atoms with Crippen LogP contribution in [0, 0.1) is 12.8 Å². The van der Waals surface area contributed by atoms with E-state index >= 15 is 0 Å². The Morgan fingerprint density at radius 3 is 2.37 bits per heavy atom. The van der Waals surface area contributed by atoms with Gasteiger partial charge in [0, 0.05) is 12.6 Å². The second-order valence-corrected chi connectivity index (χ2v) is 5.10. The second-order valence-electron chi connectivity index (χ2n) is 5.10. The summed E-state index contributed by atoms with van der Waals surface area (Å²) in [5.74, 6) is 2.10. The Morgan fingerprint density at radius 2 is 1.79 bits per heavy atom. The fourth-order valence-electron chi connectivity index (χ4n) is 2.05. The highest BCUT2D eigenvalue weighted by molar-refractivity contribution is 5.70. The van der Waals surface area contributed by atoms with Gasteiger partial charge in [-0.25, -0.2) is 4.98 Å². The molecule has 0 bridgehead atoms. The lowest BCUT2D eigenvalue weighted by Gasteiger charge is -2.09. The van der Waals surface area contributed by atoms with Gasteiger partial charge in [-0.1, -0.05) is 38.1 Å². The van der Waals surface area contributed by atoms with Crippen molar-refractivity contribution < 1.29 is 0 Å². The number of hydrogen-bond donors (Lipinski definition) is 1. The van der Waals surface area contributed by atoms with Gasteiger partial charge in [0.25, 0.3) is 0 Å². The molecule has 0 saturated heterocycles. The van der Waals surface area contributed by atoms with Gasteiger partial charge in [-0.3, -0.25) is 0 Å². The fraction of sp³-hybridized carbons (Fsp3) is 0.400. The van der Waals surface area contributed by atoms with E-state index in [2.05, 4.69) is 58.6 Å². The molecule has 0 aliphatic rings. The third kappa shape index (κ3) is 3.28. The molecule has 4 heteroatoms. The summed E-state index contributed by atoms with van der Waals surface area (Å²) in [5, 5.41) is 11.3. The lowest BCUT2D eigenvalue weighted by atomic mass is 10.0. The Bertz CT molecular complexity index is 547. The molecule has 0 fully saturated rings. The summed E-state index contributed by atoms with van der Waals surface area (Å²) in [6, 6.07) is 8.46. The molecule has 100 valence electrons. The molecule has 1 heterocycles. The highest BCUT2D eigenvalue weighted by Gasteiger charge is 2.09. The number of benzene rings is 1. The number of hydrogen-bond acceptors (Lipinski definition) is 4. The Balaban J connectivity index is 2.32. The molecule has 1 aromatic heterocycles. The van der Waals surface area contributed by atoms with Crippen LogP contribution >= 0.6 is 0 Å². The van der Waals surface area contributed by atoms with Crippen LogP contribution in [-0.2, 0) is 6.42 Å². The van der Waals surface area contributed by atoms with Crippen LogP contribution in [0.4, 0.5) is 5.82 Å².